The van der Waals surface area contributed by atoms with Crippen LogP contribution in [0.4, 0.5) is 0 Å². The Morgan fingerprint density at radius 3 is 3.35 bits per heavy atom. The molecule has 17 heavy (non-hydrogen) atoms. The number of amides is 1. The average molecular weight is 256 g/mol. The van der Waals surface area contributed by atoms with Crippen molar-refractivity contribution in [1.29, 1.82) is 0 Å². The first kappa shape index (κ1) is 12.4. The van der Waals surface area contributed by atoms with E-state index in [-0.39, 0.29) is 5.91 Å². The second-order valence-electron chi connectivity index (χ2n) is 3.87. The van der Waals surface area contributed by atoms with Gasteiger partial charge in [-0.25, -0.2) is 0 Å². The molecule has 2 N–H and O–H groups in total. The highest BCUT2D eigenvalue weighted by atomic mass is 32.2. The van der Waals surface area contributed by atoms with E-state index in [0.717, 1.165) is 18.1 Å². The van der Waals surface area contributed by atoms with Crippen LogP contribution in [0, 0.1) is 0 Å². The van der Waals surface area contributed by atoms with E-state index >= 15 is 0 Å². The van der Waals surface area contributed by atoms with E-state index in [9.17, 15) is 4.79 Å². The Morgan fingerprint density at radius 2 is 2.65 bits per heavy atom. The highest BCUT2D eigenvalue weighted by Crippen LogP contribution is 2.09. The fourth-order valence-corrected chi connectivity index (χ4v) is 2.61. The standard InChI is InChI=1S/C10H16N4O2S/c15-9(5-8-6-17-4-3-11-8)12-2-1-10-13-7-14-16-10/h7-8,11H,1-6H2,(H,12,15). The molecule has 0 bridgehead atoms. The van der Waals surface area contributed by atoms with Gasteiger partial charge >= 0.3 is 0 Å². The van der Waals surface area contributed by atoms with E-state index in [0.29, 0.717) is 31.3 Å². The molecule has 2 heterocycles. The highest BCUT2D eigenvalue weighted by Gasteiger charge is 2.16. The van der Waals surface area contributed by atoms with Crippen molar-refractivity contribution in [1.82, 2.24) is 20.8 Å². The summed E-state index contributed by atoms with van der Waals surface area (Å²) in [5.74, 6) is 2.77. The van der Waals surface area contributed by atoms with Crippen molar-refractivity contribution in [2.75, 3.05) is 24.6 Å². The second-order valence-corrected chi connectivity index (χ2v) is 5.01. The molecule has 0 aromatic carbocycles. The zero-order chi connectivity index (χ0) is 11.9. The molecule has 94 valence electrons. The van der Waals surface area contributed by atoms with Gasteiger partial charge in [0.05, 0.1) is 0 Å². The maximum absolute atomic E-state index is 11.6. The summed E-state index contributed by atoms with van der Waals surface area (Å²) >= 11 is 1.89. The molecule has 1 fully saturated rings. The zero-order valence-electron chi connectivity index (χ0n) is 9.52. The van der Waals surface area contributed by atoms with E-state index in [4.69, 9.17) is 4.52 Å². The minimum absolute atomic E-state index is 0.0736. The Morgan fingerprint density at radius 1 is 1.71 bits per heavy atom. The number of aromatic nitrogens is 2. The van der Waals surface area contributed by atoms with Crippen molar-refractivity contribution in [2.45, 2.75) is 18.9 Å². The number of nitrogens with zero attached hydrogens (tertiary/aromatic N) is 2. The first-order valence-electron chi connectivity index (χ1n) is 5.68. The van der Waals surface area contributed by atoms with Crippen molar-refractivity contribution < 1.29 is 9.32 Å². The van der Waals surface area contributed by atoms with Crippen LogP contribution in [0.25, 0.3) is 0 Å². The van der Waals surface area contributed by atoms with E-state index in [1.165, 1.54) is 6.33 Å². The molecule has 0 aliphatic carbocycles. The summed E-state index contributed by atoms with van der Waals surface area (Å²) in [7, 11) is 0. The molecule has 1 atom stereocenters. The van der Waals surface area contributed by atoms with Gasteiger partial charge in [0.15, 0.2) is 6.33 Å². The molecule has 1 unspecified atom stereocenters. The molecule has 1 saturated heterocycles. The van der Waals surface area contributed by atoms with Crippen molar-refractivity contribution in [2.24, 2.45) is 0 Å². The largest absolute Gasteiger partial charge is 0.356 e. The Kier molecular flexibility index (Phi) is 4.81. The lowest BCUT2D eigenvalue weighted by molar-refractivity contribution is -0.121. The normalized spacial score (nSPS) is 20.1. The monoisotopic (exact) mass is 256 g/mol. The predicted molar refractivity (Wildman–Crippen MR) is 64.7 cm³/mol. The minimum Gasteiger partial charge on any atom is -0.356 e. The Balaban J connectivity index is 1.60. The molecular formula is C10H16N4O2S. The summed E-state index contributed by atoms with van der Waals surface area (Å²) in [6.45, 7) is 1.53. The lowest BCUT2D eigenvalue weighted by Crippen LogP contribution is -2.41. The van der Waals surface area contributed by atoms with Gasteiger partial charge < -0.3 is 15.2 Å². The van der Waals surface area contributed by atoms with Gasteiger partial charge in [-0.3, -0.25) is 4.79 Å². The van der Waals surface area contributed by atoms with Crippen molar-refractivity contribution in [3.8, 4) is 0 Å². The maximum atomic E-state index is 11.6. The average Bonchev–Trinajstić information content (AvgIpc) is 2.83. The van der Waals surface area contributed by atoms with Crippen LogP contribution in [-0.2, 0) is 11.2 Å². The van der Waals surface area contributed by atoms with Gasteiger partial charge in [-0.05, 0) is 0 Å². The molecule has 1 aliphatic heterocycles. The van der Waals surface area contributed by atoms with Gasteiger partial charge in [0.2, 0.25) is 11.8 Å². The molecule has 0 radical (unpaired) electrons. The summed E-state index contributed by atoms with van der Waals surface area (Å²) in [5, 5.41) is 9.69. The van der Waals surface area contributed by atoms with Gasteiger partial charge in [-0.2, -0.15) is 16.7 Å². The fourth-order valence-electron chi connectivity index (χ4n) is 1.66. The Bertz CT molecular complexity index is 338. The van der Waals surface area contributed by atoms with Gasteiger partial charge in [-0.15, -0.1) is 0 Å². The quantitative estimate of drug-likeness (QED) is 0.761. The van der Waals surface area contributed by atoms with Crippen molar-refractivity contribution in [3.63, 3.8) is 0 Å². The first-order valence-corrected chi connectivity index (χ1v) is 6.83. The number of nitrogens with one attached hydrogen (secondary N) is 2. The van der Waals surface area contributed by atoms with Crippen LogP contribution in [0.1, 0.15) is 12.3 Å². The topological polar surface area (TPSA) is 80.0 Å². The second kappa shape index (κ2) is 6.61. The van der Waals surface area contributed by atoms with Gasteiger partial charge in [-0.1, -0.05) is 5.16 Å². The lowest BCUT2D eigenvalue weighted by atomic mass is 10.2. The summed E-state index contributed by atoms with van der Waals surface area (Å²) in [6, 6.07) is 0.303. The molecule has 1 aromatic rings. The molecule has 1 aliphatic rings. The number of rotatable bonds is 5. The number of thioether (sulfide) groups is 1. The summed E-state index contributed by atoms with van der Waals surface area (Å²) in [4.78, 5) is 15.5. The molecule has 1 aromatic heterocycles. The molecule has 0 spiro atoms. The van der Waals surface area contributed by atoms with Gasteiger partial charge in [0.25, 0.3) is 0 Å². The Hall–Kier alpha value is -1.08. The zero-order valence-corrected chi connectivity index (χ0v) is 10.3. The van der Waals surface area contributed by atoms with Gasteiger partial charge in [0, 0.05) is 43.5 Å². The van der Waals surface area contributed by atoms with Crippen molar-refractivity contribution in [3.05, 3.63) is 12.2 Å². The van der Waals surface area contributed by atoms with Crippen molar-refractivity contribution >= 4 is 17.7 Å². The number of hydrogen-bond acceptors (Lipinski definition) is 6. The maximum Gasteiger partial charge on any atom is 0.228 e. The molecule has 6 nitrogen and oxygen atoms in total. The third-order valence-corrected chi connectivity index (χ3v) is 3.63. The van der Waals surface area contributed by atoms with E-state index in [1.807, 2.05) is 11.8 Å². The molecule has 2 rings (SSSR count). The summed E-state index contributed by atoms with van der Waals surface area (Å²) in [5.41, 5.74) is 0. The minimum atomic E-state index is 0.0736. The van der Waals surface area contributed by atoms with Crippen LogP contribution in [0.5, 0.6) is 0 Å². The smallest absolute Gasteiger partial charge is 0.228 e. The highest BCUT2D eigenvalue weighted by molar-refractivity contribution is 7.99. The van der Waals surface area contributed by atoms with Crippen LogP contribution >= 0.6 is 11.8 Å². The first-order chi connectivity index (χ1) is 8.34. The van der Waals surface area contributed by atoms with Crippen LogP contribution in [0.3, 0.4) is 0 Å². The third kappa shape index (κ3) is 4.35. The van der Waals surface area contributed by atoms with Crippen LogP contribution in [0.15, 0.2) is 10.9 Å². The third-order valence-electron chi connectivity index (χ3n) is 2.50. The molecule has 7 heteroatoms. The van der Waals surface area contributed by atoms with Gasteiger partial charge in [0.1, 0.15) is 0 Å². The molecule has 1 amide bonds. The van der Waals surface area contributed by atoms with Crippen LogP contribution in [0.2, 0.25) is 0 Å². The number of carbonyl (C=O) groups is 1. The Labute approximate surface area is 104 Å². The predicted octanol–water partition coefficient (Wildman–Crippen LogP) is -0.177. The van der Waals surface area contributed by atoms with E-state index < -0.39 is 0 Å². The number of hydrogen-bond donors (Lipinski definition) is 2. The summed E-state index contributed by atoms with van der Waals surface area (Å²) < 4.78 is 4.84. The van der Waals surface area contributed by atoms with Crippen LogP contribution < -0.4 is 10.6 Å². The fraction of sp³-hybridized carbons (Fsp3) is 0.700. The van der Waals surface area contributed by atoms with E-state index in [1.54, 1.807) is 0 Å². The van der Waals surface area contributed by atoms with Crippen LogP contribution in [-0.4, -0.2) is 46.7 Å². The van der Waals surface area contributed by atoms with E-state index in [2.05, 4.69) is 20.8 Å². The SMILES string of the molecule is O=C(CC1CSCCN1)NCCc1ncno1. The molecular weight excluding hydrogens is 240 g/mol. The number of carbonyl (C=O) groups excluding carboxylic acids is 1. The lowest BCUT2D eigenvalue weighted by Gasteiger charge is -2.22. The summed E-state index contributed by atoms with van der Waals surface area (Å²) in [6.07, 6.45) is 2.48. The molecule has 0 saturated carbocycles.